The summed E-state index contributed by atoms with van der Waals surface area (Å²) in [6.07, 6.45) is 0. The smallest absolute Gasteiger partial charge is 0.0523 e. The van der Waals surface area contributed by atoms with Crippen LogP contribution >= 0.6 is 0 Å². The van der Waals surface area contributed by atoms with Crippen molar-refractivity contribution < 1.29 is 0 Å². The molecule has 0 bridgehead atoms. The maximum Gasteiger partial charge on any atom is 0.0523 e. The van der Waals surface area contributed by atoms with Crippen molar-refractivity contribution in [3.8, 4) is 0 Å². The lowest BCUT2D eigenvalue weighted by atomic mass is 9.94. The van der Waals surface area contributed by atoms with Crippen LogP contribution in [0.3, 0.4) is 0 Å². The molecule has 1 aliphatic rings. The van der Waals surface area contributed by atoms with Crippen LogP contribution in [0.4, 0.5) is 0 Å². The normalized spacial score (nSPS) is 18.9. The lowest BCUT2D eigenvalue weighted by Crippen LogP contribution is -2.31. The minimum atomic E-state index is 0.542. The van der Waals surface area contributed by atoms with Crippen LogP contribution in [0, 0.1) is 34.6 Å². The molecule has 2 aromatic rings. The minimum absolute atomic E-state index is 0.542. The summed E-state index contributed by atoms with van der Waals surface area (Å²) < 4.78 is 2.58. The highest BCUT2D eigenvalue weighted by atomic mass is 15.1. The van der Waals surface area contributed by atoms with Gasteiger partial charge in [-0.25, -0.2) is 0 Å². The molecule has 0 saturated heterocycles. The predicted molar refractivity (Wildman–Crippen MR) is 82.0 cm³/mol. The van der Waals surface area contributed by atoms with Crippen molar-refractivity contribution in [3.63, 3.8) is 0 Å². The molecule has 0 aliphatic carbocycles. The van der Waals surface area contributed by atoms with Crippen molar-refractivity contribution in [1.29, 1.82) is 0 Å². The van der Waals surface area contributed by atoms with E-state index in [1.54, 1.807) is 0 Å². The monoisotopic (exact) mass is 256 g/mol. The molecule has 2 heteroatoms. The van der Waals surface area contributed by atoms with Gasteiger partial charge >= 0.3 is 0 Å². The molecule has 102 valence electrons. The maximum atomic E-state index is 3.54. The van der Waals surface area contributed by atoms with E-state index >= 15 is 0 Å². The van der Waals surface area contributed by atoms with Gasteiger partial charge in [-0.3, -0.25) is 0 Å². The van der Waals surface area contributed by atoms with Crippen molar-refractivity contribution in [3.05, 3.63) is 33.5 Å². The van der Waals surface area contributed by atoms with E-state index in [1.165, 1.54) is 44.4 Å². The highest BCUT2D eigenvalue weighted by molar-refractivity contribution is 5.93. The molecular formula is C17H24N2. The number of nitrogens with zero attached hydrogens (tertiary/aromatic N) is 1. The minimum Gasteiger partial charge on any atom is -0.339 e. The summed E-state index contributed by atoms with van der Waals surface area (Å²) in [5.41, 5.74) is 10.3. The lowest BCUT2D eigenvalue weighted by molar-refractivity contribution is 0.437. The Bertz CT molecular complexity index is 677. The zero-order valence-corrected chi connectivity index (χ0v) is 12.9. The summed E-state index contributed by atoms with van der Waals surface area (Å²) in [5.74, 6) is 0. The number of fused-ring (bicyclic) bond motifs is 3. The van der Waals surface area contributed by atoms with Gasteiger partial charge < -0.3 is 9.88 Å². The SMILES string of the molecule is Cc1c(C)c(C)c2c(c1C)c(C)c1n2C(C)CNC1. The van der Waals surface area contributed by atoms with E-state index in [0.29, 0.717) is 6.04 Å². The quantitative estimate of drug-likeness (QED) is 0.757. The first kappa shape index (κ1) is 12.7. The van der Waals surface area contributed by atoms with Gasteiger partial charge in [-0.15, -0.1) is 0 Å². The van der Waals surface area contributed by atoms with Gasteiger partial charge in [0.05, 0.1) is 5.52 Å². The lowest BCUT2D eigenvalue weighted by Gasteiger charge is -2.26. The predicted octanol–water partition coefficient (Wildman–Crippen LogP) is 3.85. The molecule has 0 radical (unpaired) electrons. The van der Waals surface area contributed by atoms with Crippen LogP contribution in [0.5, 0.6) is 0 Å². The number of hydrogen-bond donors (Lipinski definition) is 1. The molecule has 1 aliphatic heterocycles. The van der Waals surface area contributed by atoms with Crippen LogP contribution in [-0.4, -0.2) is 11.1 Å². The van der Waals surface area contributed by atoms with E-state index in [4.69, 9.17) is 0 Å². The molecule has 1 aromatic carbocycles. The van der Waals surface area contributed by atoms with Gasteiger partial charge in [0.1, 0.15) is 0 Å². The molecule has 1 N–H and O–H groups in total. The first-order valence-corrected chi connectivity index (χ1v) is 7.25. The second-order valence-electron chi connectivity index (χ2n) is 6.15. The van der Waals surface area contributed by atoms with E-state index in [9.17, 15) is 0 Å². The Hall–Kier alpha value is -1.28. The van der Waals surface area contributed by atoms with Crippen molar-refractivity contribution in [2.75, 3.05) is 6.54 Å². The van der Waals surface area contributed by atoms with E-state index in [0.717, 1.165) is 13.1 Å². The summed E-state index contributed by atoms with van der Waals surface area (Å²) in [7, 11) is 0. The molecule has 0 spiro atoms. The van der Waals surface area contributed by atoms with Crippen LogP contribution < -0.4 is 5.32 Å². The summed E-state index contributed by atoms with van der Waals surface area (Å²) in [6, 6.07) is 0.542. The van der Waals surface area contributed by atoms with Gasteiger partial charge in [0.15, 0.2) is 0 Å². The topological polar surface area (TPSA) is 17.0 Å². The second-order valence-corrected chi connectivity index (χ2v) is 6.15. The summed E-state index contributed by atoms with van der Waals surface area (Å²) in [6.45, 7) is 15.8. The first-order valence-electron chi connectivity index (χ1n) is 7.25. The van der Waals surface area contributed by atoms with E-state index < -0.39 is 0 Å². The second kappa shape index (κ2) is 4.11. The van der Waals surface area contributed by atoms with Crippen molar-refractivity contribution in [1.82, 2.24) is 9.88 Å². The molecule has 0 saturated carbocycles. The molecule has 1 atom stereocenters. The Morgan fingerprint density at radius 2 is 1.53 bits per heavy atom. The summed E-state index contributed by atoms with van der Waals surface area (Å²) in [5, 5.41) is 5.03. The van der Waals surface area contributed by atoms with Crippen molar-refractivity contribution >= 4 is 10.9 Å². The number of hydrogen-bond acceptors (Lipinski definition) is 1. The third-order valence-corrected chi connectivity index (χ3v) is 5.17. The van der Waals surface area contributed by atoms with Gasteiger partial charge in [-0.2, -0.15) is 0 Å². The van der Waals surface area contributed by atoms with E-state index in [-0.39, 0.29) is 0 Å². The van der Waals surface area contributed by atoms with Crippen LogP contribution in [0.1, 0.15) is 46.5 Å². The summed E-state index contributed by atoms with van der Waals surface area (Å²) in [4.78, 5) is 0. The van der Waals surface area contributed by atoms with Crippen molar-refractivity contribution in [2.24, 2.45) is 0 Å². The van der Waals surface area contributed by atoms with Crippen LogP contribution in [0.2, 0.25) is 0 Å². The largest absolute Gasteiger partial charge is 0.339 e. The molecule has 1 unspecified atom stereocenters. The molecule has 3 rings (SSSR count). The number of aromatic nitrogens is 1. The summed E-state index contributed by atoms with van der Waals surface area (Å²) >= 11 is 0. The number of nitrogens with one attached hydrogen (secondary N) is 1. The zero-order valence-electron chi connectivity index (χ0n) is 12.9. The molecule has 2 heterocycles. The third-order valence-electron chi connectivity index (χ3n) is 5.17. The van der Waals surface area contributed by atoms with Gasteiger partial charge in [-0.05, 0) is 69.4 Å². The molecular weight excluding hydrogens is 232 g/mol. The average Bonchev–Trinajstić information content (AvgIpc) is 2.69. The fourth-order valence-corrected chi connectivity index (χ4v) is 3.71. The Labute approximate surface area is 115 Å². The number of benzene rings is 1. The maximum absolute atomic E-state index is 3.54. The van der Waals surface area contributed by atoms with Crippen LogP contribution in [0.15, 0.2) is 0 Å². The molecule has 1 aromatic heterocycles. The Morgan fingerprint density at radius 1 is 0.895 bits per heavy atom. The molecule has 0 amide bonds. The van der Waals surface area contributed by atoms with E-state index in [2.05, 4.69) is 51.4 Å². The van der Waals surface area contributed by atoms with Crippen LogP contribution in [-0.2, 0) is 6.54 Å². The van der Waals surface area contributed by atoms with Gasteiger partial charge in [-0.1, -0.05) is 0 Å². The first-order chi connectivity index (χ1) is 8.95. The number of aryl methyl sites for hydroxylation is 3. The fourth-order valence-electron chi connectivity index (χ4n) is 3.71. The highest BCUT2D eigenvalue weighted by Crippen LogP contribution is 2.37. The van der Waals surface area contributed by atoms with Gasteiger partial charge in [0.2, 0.25) is 0 Å². The van der Waals surface area contributed by atoms with Gasteiger partial charge in [0.25, 0.3) is 0 Å². The Kier molecular flexibility index (Phi) is 2.75. The molecule has 2 nitrogen and oxygen atoms in total. The molecule has 19 heavy (non-hydrogen) atoms. The van der Waals surface area contributed by atoms with Crippen LogP contribution in [0.25, 0.3) is 10.9 Å². The van der Waals surface area contributed by atoms with Crippen molar-refractivity contribution in [2.45, 2.75) is 54.1 Å². The average molecular weight is 256 g/mol. The Balaban J connectivity index is 2.55. The standard InChI is InChI=1S/C17H24N2/c1-9-7-18-8-15-14(6)16-12(4)10(2)11(3)13(5)17(16)19(9)15/h9,18H,7-8H2,1-6H3. The van der Waals surface area contributed by atoms with E-state index in [1.807, 2.05) is 0 Å². The van der Waals surface area contributed by atoms with Gasteiger partial charge in [0, 0.05) is 30.2 Å². The fraction of sp³-hybridized carbons (Fsp3) is 0.529. The molecule has 0 fully saturated rings. The zero-order chi connectivity index (χ0) is 13.9. The number of rotatable bonds is 0. The third kappa shape index (κ3) is 1.53. The Morgan fingerprint density at radius 3 is 2.21 bits per heavy atom. The highest BCUT2D eigenvalue weighted by Gasteiger charge is 2.25.